The minimum atomic E-state index is -1.07. The lowest BCUT2D eigenvalue weighted by Crippen LogP contribution is -2.42. The van der Waals surface area contributed by atoms with Crippen molar-refractivity contribution < 1.29 is 10.4 Å². The summed E-state index contributed by atoms with van der Waals surface area (Å²) in [6, 6.07) is 0. The second-order valence-electron chi connectivity index (χ2n) is 2.26. The molecule has 8 nitrogen and oxygen atoms in total. The van der Waals surface area contributed by atoms with Gasteiger partial charge in [-0.2, -0.15) is 0 Å². The van der Waals surface area contributed by atoms with Crippen LogP contribution in [-0.2, 0) is 0 Å². The lowest BCUT2D eigenvalue weighted by Gasteiger charge is -2.10. The predicted octanol–water partition coefficient (Wildman–Crippen LogP) is -1.77. The Hall–Kier alpha value is -2.12. The molecule has 0 bridgehead atoms. The van der Waals surface area contributed by atoms with Crippen molar-refractivity contribution in [1.82, 2.24) is 9.46 Å². The number of rotatable bonds is 1. The smallest absolute Gasteiger partial charge is 0.330 e. The van der Waals surface area contributed by atoms with Crippen molar-refractivity contribution >= 4 is 11.6 Å². The SMILES string of the molecule is CNc1c(N)n(O)c(=N)c(=O)n1O. The molecule has 72 valence electrons. The van der Waals surface area contributed by atoms with E-state index in [1.54, 1.807) is 0 Å². The van der Waals surface area contributed by atoms with Crippen LogP contribution in [0.2, 0.25) is 0 Å². The van der Waals surface area contributed by atoms with Crippen LogP contribution in [0.3, 0.4) is 0 Å². The summed E-state index contributed by atoms with van der Waals surface area (Å²) < 4.78 is 0.339. The van der Waals surface area contributed by atoms with Crippen LogP contribution < -0.4 is 22.1 Å². The third-order valence-electron chi connectivity index (χ3n) is 1.53. The second kappa shape index (κ2) is 2.73. The van der Waals surface area contributed by atoms with E-state index in [0.717, 1.165) is 0 Å². The molecule has 0 saturated heterocycles. The summed E-state index contributed by atoms with van der Waals surface area (Å²) in [6.45, 7) is 0. The molecule has 0 aliphatic heterocycles. The molecule has 6 N–H and O–H groups in total. The highest BCUT2D eigenvalue weighted by atomic mass is 16.5. The first kappa shape index (κ1) is 8.97. The van der Waals surface area contributed by atoms with Crippen LogP contribution in [0.15, 0.2) is 4.79 Å². The molecule has 8 heteroatoms. The van der Waals surface area contributed by atoms with Crippen LogP contribution in [0.1, 0.15) is 0 Å². The fourth-order valence-electron chi connectivity index (χ4n) is 0.856. The van der Waals surface area contributed by atoms with E-state index >= 15 is 0 Å². The van der Waals surface area contributed by atoms with Crippen LogP contribution >= 0.6 is 0 Å². The van der Waals surface area contributed by atoms with Gasteiger partial charge in [-0.15, -0.1) is 9.46 Å². The number of hydrogen-bond donors (Lipinski definition) is 5. The van der Waals surface area contributed by atoms with Gasteiger partial charge in [-0.05, 0) is 0 Å². The Labute approximate surface area is 71.9 Å². The second-order valence-corrected chi connectivity index (χ2v) is 2.26. The van der Waals surface area contributed by atoms with Crippen LogP contribution in [0.5, 0.6) is 0 Å². The van der Waals surface area contributed by atoms with Crippen molar-refractivity contribution in [2.24, 2.45) is 0 Å². The zero-order chi connectivity index (χ0) is 10.2. The van der Waals surface area contributed by atoms with Gasteiger partial charge in [-0.25, -0.2) is 0 Å². The van der Waals surface area contributed by atoms with Crippen molar-refractivity contribution in [2.45, 2.75) is 0 Å². The molecule has 0 saturated carbocycles. The molecule has 0 amide bonds. The summed E-state index contributed by atoms with van der Waals surface area (Å²) in [5.41, 5.74) is 3.39. The third kappa shape index (κ3) is 1.08. The number of nitrogens with one attached hydrogen (secondary N) is 2. The fourth-order valence-corrected chi connectivity index (χ4v) is 0.856. The molecule has 0 aliphatic carbocycles. The third-order valence-corrected chi connectivity index (χ3v) is 1.53. The summed E-state index contributed by atoms with van der Waals surface area (Å²) >= 11 is 0. The predicted molar refractivity (Wildman–Crippen MR) is 42.9 cm³/mol. The van der Waals surface area contributed by atoms with Gasteiger partial charge in [0.05, 0.1) is 0 Å². The molecule has 1 rings (SSSR count). The molecular formula is C5H9N5O3. The van der Waals surface area contributed by atoms with Crippen molar-refractivity contribution in [2.75, 3.05) is 18.1 Å². The standard InChI is InChI=1S/C5H9N5O3/c1-8-4-2(6)9(12)3(7)5(11)10(4)13/h7-8,12-13H,6H2,1H3. The normalized spacial score (nSPS) is 9.92. The first-order valence-electron chi connectivity index (χ1n) is 3.29. The Bertz CT molecular complexity index is 445. The minimum Gasteiger partial charge on any atom is -0.425 e. The Kier molecular flexibility index (Phi) is 1.89. The largest absolute Gasteiger partial charge is 0.425 e. The van der Waals surface area contributed by atoms with E-state index in [-0.39, 0.29) is 21.1 Å². The molecule has 1 heterocycles. The van der Waals surface area contributed by atoms with Crippen molar-refractivity contribution in [1.29, 1.82) is 5.41 Å². The molecule has 0 unspecified atom stereocenters. The van der Waals surface area contributed by atoms with Gasteiger partial charge in [0.15, 0.2) is 11.6 Å². The van der Waals surface area contributed by atoms with Crippen molar-refractivity contribution in [3.05, 3.63) is 15.8 Å². The molecule has 0 aliphatic rings. The van der Waals surface area contributed by atoms with Gasteiger partial charge in [0.1, 0.15) is 0 Å². The van der Waals surface area contributed by atoms with E-state index < -0.39 is 11.0 Å². The highest BCUT2D eigenvalue weighted by Crippen LogP contribution is 2.09. The minimum absolute atomic E-state index is 0.157. The van der Waals surface area contributed by atoms with Crippen LogP contribution in [0, 0.1) is 5.41 Å². The maximum atomic E-state index is 11.0. The summed E-state index contributed by atoms with van der Waals surface area (Å²) in [5.74, 6) is -0.502. The number of nitrogens with zero attached hydrogens (tertiary/aromatic N) is 2. The summed E-state index contributed by atoms with van der Waals surface area (Å²) in [7, 11) is 1.40. The van der Waals surface area contributed by atoms with Gasteiger partial charge in [-0.1, -0.05) is 0 Å². The average Bonchev–Trinajstić information content (AvgIpc) is 2.13. The number of nitrogens with two attached hydrogens (primary N) is 1. The lowest BCUT2D eigenvalue weighted by molar-refractivity contribution is 0.144. The van der Waals surface area contributed by atoms with Gasteiger partial charge in [0.25, 0.3) is 0 Å². The van der Waals surface area contributed by atoms with Crippen LogP contribution in [-0.4, -0.2) is 26.9 Å². The molecule has 0 aromatic carbocycles. The summed E-state index contributed by atoms with van der Waals surface area (Å²) in [6.07, 6.45) is 0. The van der Waals surface area contributed by atoms with Gasteiger partial charge >= 0.3 is 5.56 Å². The number of hydrogen-bond acceptors (Lipinski definition) is 6. The fraction of sp³-hybridized carbons (Fsp3) is 0.200. The van der Waals surface area contributed by atoms with Crippen molar-refractivity contribution in [3.63, 3.8) is 0 Å². The van der Waals surface area contributed by atoms with E-state index in [2.05, 4.69) is 5.32 Å². The Balaban J connectivity index is 3.78. The van der Waals surface area contributed by atoms with E-state index in [1.807, 2.05) is 0 Å². The molecule has 0 atom stereocenters. The molecule has 1 aromatic heterocycles. The Morgan fingerprint density at radius 2 is 2.00 bits per heavy atom. The molecule has 0 radical (unpaired) electrons. The number of aromatic nitrogens is 2. The summed E-state index contributed by atoms with van der Waals surface area (Å²) in [4.78, 5) is 11.0. The molecular weight excluding hydrogens is 178 g/mol. The van der Waals surface area contributed by atoms with E-state index in [1.165, 1.54) is 7.05 Å². The Morgan fingerprint density at radius 1 is 1.46 bits per heavy atom. The van der Waals surface area contributed by atoms with Crippen LogP contribution in [0.4, 0.5) is 11.6 Å². The van der Waals surface area contributed by atoms with Gasteiger partial charge < -0.3 is 21.5 Å². The molecule has 1 aromatic rings. The van der Waals surface area contributed by atoms with Gasteiger partial charge in [-0.3, -0.25) is 10.2 Å². The first-order chi connectivity index (χ1) is 6.00. The maximum Gasteiger partial charge on any atom is 0.330 e. The number of nitrogen functional groups attached to an aromatic ring is 1. The van der Waals surface area contributed by atoms with Crippen LogP contribution in [0.25, 0.3) is 0 Å². The monoisotopic (exact) mass is 187 g/mol. The zero-order valence-corrected chi connectivity index (χ0v) is 6.77. The van der Waals surface area contributed by atoms with E-state index in [0.29, 0.717) is 0 Å². The highest BCUT2D eigenvalue weighted by molar-refractivity contribution is 5.55. The molecule has 13 heavy (non-hydrogen) atoms. The topological polar surface area (TPSA) is 129 Å². The first-order valence-corrected chi connectivity index (χ1v) is 3.29. The molecule has 0 fully saturated rings. The average molecular weight is 187 g/mol. The molecule has 0 spiro atoms. The Morgan fingerprint density at radius 3 is 2.46 bits per heavy atom. The maximum absolute atomic E-state index is 11.0. The summed E-state index contributed by atoms with van der Waals surface area (Å²) in [5, 5.41) is 27.6. The number of anilines is 2. The highest BCUT2D eigenvalue weighted by Gasteiger charge is 2.12. The lowest BCUT2D eigenvalue weighted by atomic mass is 10.5. The van der Waals surface area contributed by atoms with E-state index in [4.69, 9.17) is 21.6 Å². The van der Waals surface area contributed by atoms with Gasteiger partial charge in [0, 0.05) is 7.05 Å². The van der Waals surface area contributed by atoms with E-state index in [9.17, 15) is 4.79 Å². The zero-order valence-electron chi connectivity index (χ0n) is 6.77. The van der Waals surface area contributed by atoms with Gasteiger partial charge in [0.2, 0.25) is 5.49 Å². The quantitative estimate of drug-likeness (QED) is 0.332. The van der Waals surface area contributed by atoms with Crippen molar-refractivity contribution in [3.8, 4) is 0 Å².